The van der Waals surface area contributed by atoms with Crippen molar-refractivity contribution in [3.05, 3.63) is 87.5 Å². The second-order valence-electron chi connectivity index (χ2n) is 8.67. The Labute approximate surface area is 201 Å². The van der Waals surface area contributed by atoms with E-state index in [0.29, 0.717) is 27.9 Å². The van der Waals surface area contributed by atoms with Gasteiger partial charge in [0.25, 0.3) is 5.91 Å². The standard InChI is InChI=1S/C27H24N4O4/c1-14-10-19(16(3)34-22-6-5-9-29-23(22)27(28)33)26-20(11-14)24(32)15(2)25(35-26)17-7-8-21-18(12-17)13-31(4)30-21/h5-13,16H,1-4H3,(H2,28,33)/t16-/m1/s1. The predicted octanol–water partition coefficient (Wildman–Crippen LogP) is 4.60. The molecule has 176 valence electrons. The minimum atomic E-state index is -0.683. The minimum Gasteiger partial charge on any atom is -0.483 e. The molecule has 35 heavy (non-hydrogen) atoms. The number of fused-ring (bicyclic) bond motifs is 2. The maximum Gasteiger partial charge on any atom is 0.271 e. The third-order valence-corrected chi connectivity index (χ3v) is 6.02. The Morgan fingerprint density at radius 1 is 1.17 bits per heavy atom. The number of primary amides is 1. The number of amides is 1. The Hall–Kier alpha value is -4.46. The van der Waals surface area contributed by atoms with Crippen LogP contribution >= 0.6 is 0 Å². The van der Waals surface area contributed by atoms with Crippen LogP contribution in [0, 0.1) is 13.8 Å². The summed E-state index contributed by atoms with van der Waals surface area (Å²) in [4.78, 5) is 29.3. The number of pyridine rings is 1. The maximum atomic E-state index is 13.4. The highest BCUT2D eigenvalue weighted by molar-refractivity contribution is 5.93. The Morgan fingerprint density at radius 3 is 2.74 bits per heavy atom. The number of rotatable bonds is 5. The van der Waals surface area contributed by atoms with Crippen LogP contribution in [0.15, 0.2) is 64.1 Å². The number of nitrogens with two attached hydrogens (primary N) is 1. The average molecular weight is 469 g/mol. The van der Waals surface area contributed by atoms with E-state index < -0.39 is 12.0 Å². The molecule has 8 nitrogen and oxygen atoms in total. The van der Waals surface area contributed by atoms with Gasteiger partial charge in [0.05, 0.1) is 10.9 Å². The SMILES string of the molecule is Cc1cc([C@@H](C)Oc2cccnc2C(N)=O)c2oc(-c3ccc4nn(C)cc4c3)c(C)c(=O)c2c1. The van der Waals surface area contributed by atoms with Crippen LogP contribution in [0.1, 0.15) is 40.2 Å². The Balaban J connectivity index is 1.68. The molecule has 5 aromatic rings. The summed E-state index contributed by atoms with van der Waals surface area (Å²) in [5, 5.41) is 5.83. The van der Waals surface area contributed by atoms with Gasteiger partial charge in [0.15, 0.2) is 16.9 Å². The van der Waals surface area contributed by atoms with Gasteiger partial charge in [-0.15, -0.1) is 0 Å². The Morgan fingerprint density at radius 2 is 1.97 bits per heavy atom. The molecule has 3 heterocycles. The molecule has 0 radical (unpaired) electrons. The molecular formula is C27H24N4O4. The van der Waals surface area contributed by atoms with Crippen LogP contribution in [-0.4, -0.2) is 20.7 Å². The summed E-state index contributed by atoms with van der Waals surface area (Å²) >= 11 is 0. The van der Waals surface area contributed by atoms with Gasteiger partial charge in [0, 0.05) is 41.5 Å². The molecule has 0 aliphatic rings. The maximum absolute atomic E-state index is 13.4. The van der Waals surface area contributed by atoms with E-state index in [0.717, 1.165) is 22.0 Å². The average Bonchev–Trinajstić information content (AvgIpc) is 3.20. The fourth-order valence-corrected chi connectivity index (χ4v) is 4.36. The van der Waals surface area contributed by atoms with Crippen molar-refractivity contribution in [2.75, 3.05) is 0 Å². The van der Waals surface area contributed by atoms with Gasteiger partial charge in [-0.05, 0) is 68.8 Å². The van der Waals surface area contributed by atoms with Gasteiger partial charge < -0.3 is 14.9 Å². The van der Waals surface area contributed by atoms with Gasteiger partial charge in [-0.25, -0.2) is 4.98 Å². The normalized spacial score (nSPS) is 12.2. The highest BCUT2D eigenvalue weighted by atomic mass is 16.5. The molecular weight excluding hydrogens is 444 g/mol. The number of ether oxygens (including phenoxy) is 1. The largest absolute Gasteiger partial charge is 0.483 e. The topological polar surface area (TPSA) is 113 Å². The summed E-state index contributed by atoms with van der Waals surface area (Å²) in [7, 11) is 1.86. The Kier molecular flexibility index (Phi) is 5.36. The highest BCUT2D eigenvalue weighted by Gasteiger charge is 2.21. The number of nitrogens with zero attached hydrogens (tertiary/aromatic N) is 3. The van der Waals surface area contributed by atoms with Gasteiger partial charge in [-0.1, -0.05) is 0 Å². The lowest BCUT2D eigenvalue weighted by molar-refractivity contribution is 0.0988. The van der Waals surface area contributed by atoms with Crippen LogP contribution in [0.25, 0.3) is 33.2 Å². The molecule has 2 aromatic carbocycles. The second kappa shape index (κ2) is 8.39. The second-order valence-corrected chi connectivity index (χ2v) is 8.67. The zero-order valence-electron chi connectivity index (χ0n) is 19.8. The van der Waals surface area contributed by atoms with Crippen molar-refractivity contribution in [2.24, 2.45) is 12.8 Å². The van der Waals surface area contributed by atoms with Crippen molar-refractivity contribution in [1.29, 1.82) is 0 Å². The molecule has 8 heteroatoms. The van der Waals surface area contributed by atoms with Gasteiger partial charge in [0.1, 0.15) is 17.4 Å². The number of hydrogen-bond acceptors (Lipinski definition) is 6. The number of aromatic nitrogens is 3. The molecule has 0 aliphatic heterocycles. The quantitative estimate of drug-likeness (QED) is 0.403. The summed E-state index contributed by atoms with van der Waals surface area (Å²) in [5.41, 5.74) is 9.56. The number of benzene rings is 2. The first kappa shape index (κ1) is 22.3. The van der Waals surface area contributed by atoms with E-state index in [1.807, 2.05) is 57.4 Å². The monoisotopic (exact) mass is 468 g/mol. The molecule has 0 saturated heterocycles. The van der Waals surface area contributed by atoms with E-state index in [1.54, 1.807) is 23.7 Å². The first-order valence-corrected chi connectivity index (χ1v) is 11.2. The fraction of sp³-hybridized carbons (Fsp3) is 0.185. The van der Waals surface area contributed by atoms with Crippen LogP contribution in [0.4, 0.5) is 0 Å². The molecule has 0 saturated carbocycles. The van der Waals surface area contributed by atoms with Gasteiger partial charge >= 0.3 is 0 Å². The van der Waals surface area contributed by atoms with Crippen LogP contribution in [0.2, 0.25) is 0 Å². The summed E-state index contributed by atoms with van der Waals surface area (Å²) in [5.74, 6) is 0.0702. The third kappa shape index (κ3) is 3.93. The molecule has 1 amide bonds. The lowest BCUT2D eigenvalue weighted by Gasteiger charge is -2.19. The molecule has 5 rings (SSSR count). The number of carbonyl (C=O) groups is 1. The molecule has 0 bridgehead atoms. The van der Waals surface area contributed by atoms with Gasteiger partial charge in [-0.2, -0.15) is 5.10 Å². The van der Waals surface area contributed by atoms with E-state index in [4.69, 9.17) is 14.9 Å². The van der Waals surface area contributed by atoms with E-state index in [2.05, 4.69) is 10.1 Å². The van der Waals surface area contributed by atoms with Crippen molar-refractivity contribution in [1.82, 2.24) is 14.8 Å². The first-order valence-electron chi connectivity index (χ1n) is 11.2. The molecule has 3 aromatic heterocycles. The number of aryl methyl sites for hydroxylation is 2. The minimum absolute atomic E-state index is 0.0408. The number of hydrogen-bond donors (Lipinski definition) is 1. The van der Waals surface area contributed by atoms with Crippen molar-refractivity contribution in [2.45, 2.75) is 26.9 Å². The third-order valence-electron chi connectivity index (χ3n) is 6.02. The predicted molar refractivity (Wildman–Crippen MR) is 133 cm³/mol. The molecule has 0 unspecified atom stereocenters. The molecule has 2 N–H and O–H groups in total. The number of carbonyl (C=O) groups excluding carboxylic acids is 1. The van der Waals surface area contributed by atoms with E-state index in [9.17, 15) is 9.59 Å². The summed E-state index contributed by atoms with van der Waals surface area (Å²) in [6.45, 7) is 5.51. The summed E-state index contributed by atoms with van der Waals surface area (Å²) in [6, 6.07) is 12.8. The van der Waals surface area contributed by atoms with E-state index in [1.165, 1.54) is 6.20 Å². The zero-order valence-corrected chi connectivity index (χ0v) is 19.8. The van der Waals surface area contributed by atoms with E-state index >= 15 is 0 Å². The molecule has 1 atom stereocenters. The molecule has 0 fully saturated rings. The summed E-state index contributed by atoms with van der Waals surface area (Å²) < 4.78 is 14.3. The summed E-state index contributed by atoms with van der Waals surface area (Å²) in [6.07, 6.45) is 2.84. The van der Waals surface area contributed by atoms with Crippen LogP contribution in [0.5, 0.6) is 5.75 Å². The lowest BCUT2D eigenvalue weighted by atomic mass is 9.99. The van der Waals surface area contributed by atoms with Crippen LogP contribution in [-0.2, 0) is 7.05 Å². The van der Waals surface area contributed by atoms with Crippen LogP contribution in [0.3, 0.4) is 0 Å². The fourth-order valence-electron chi connectivity index (χ4n) is 4.36. The Bertz CT molecular complexity index is 1680. The van der Waals surface area contributed by atoms with Crippen molar-refractivity contribution < 1.29 is 13.9 Å². The van der Waals surface area contributed by atoms with Crippen molar-refractivity contribution in [3.63, 3.8) is 0 Å². The highest BCUT2D eigenvalue weighted by Crippen LogP contribution is 2.34. The first-order chi connectivity index (χ1) is 16.7. The van der Waals surface area contributed by atoms with Crippen molar-refractivity contribution >= 4 is 27.8 Å². The smallest absolute Gasteiger partial charge is 0.271 e. The molecule has 0 spiro atoms. The van der Waals surface area contributed by atoms with Crippen molar-refractivity contribution in [3.8, 4) is 17.1 Å². The van der Waals surface area contributed by atoms with E-state index in [-0.39, 0.29) is 16.9 Å². The zero-order chi connectivity index (χ0) is 24.9. The molecule has 0 aliphatic carbocycles. The lowest BCUT2D eigenvalue weighted by Crippen LogP contribution is -2.16. The van der Waals surface area contributed by atoms with Gasteiger partial charge in [0.2, 0.25) is 0 Å². The van der Waals surface area contributed by atoms with Crippen LogP contribution < -0.4 is 15.9 Å². The van der Waals surface area contributed by atoms with Gasteiger partial charge in [-0.3, -0.25) is 14.3 Å².